The van der Waals surface area contributed by atoms with E-state index < -0.39 is 19.7 Å². The van der Waals surface area contributed by atoms with Gasteiger partial charge >= 0.3 is 5.97 Å². The molecule has 20 heavy (non-hydrogen) atoms. The van der Waals surface area contributed by atoms with Crippen LogP contribution in [0.5, 0.6) is 0 Å². The molecule has 0 saturated heterocycles. The summed E-state index contributed by atoms with van der Waals surface area (Å²) in [5.74, 6) is -0.505. The Morgan fingerprint density at radius 2 is 2.05 bits per heavy atom. The predicted molar refractivity (Wildman–Crippen MR) is 77.5 cm³/mol. The number of carbonyl (C=O) groups excluding carboxylic acids is 1. The van der Waals surface area contributed by atoms with E-state index in [-0.39, 0.29) is 6.10 Å². The average Bonchev–Trinajstić information content (AvgIpc) is 2.71. The Kier molecular flexibility index (Phi) is 3.72. The van der Waals surface area contributed by atoms with Crippen LogP contribution in [0.1, 0.15) is 23.7 Å². The van der Waals surface area contributed by atoms with Gasteiger partial charge in [-0.15, -0.1) is 0 Å². The molecule has 1 aromatic carbocycles. The van der Waals surface area contributed by atoms with Gasteiger partial charge in [-0.25, -0.2) is 4.79 Å². The van der Waals surface area contributed by atoms with Crippen molar-refractivity contribution in [3.05, 3.63) is 35.4 Å². The number of hydrogen-bond donors (Lipinski definition) is 0. The number of fused-ring (bicyclic) bond motifs is 1. The Bertz CT molecular complexity index is 573. The second kappa shape index (κ2) is 5.04. The Labute approximate surface area is 120 Å². The minimum atomic E-state index is -1.77. The molecule has 5 heteroatoms. The smallest absolute Gasteiger partial charge is 0.330 e. The van der Waals surface area contributed by atoms with Gasteiger partial charge < -0.3 is 9.16 Å². The lowest BCUT2D eigenvalue weighted by Gasteiger charge is -2.24. The van der Waals surface area contributed by atoms with E-state index in [1.165, 1.54) is 7.11 Å². The van der Waals surface area contributed by atoms with Gasteiger partial charge in [-0.1, -0.05) is 24.3 Å². The van der Waals surface area contributed by atoms with Crippen molar-refractivity contribution in [1.29, 1.82) is 5.26 Å². The quantitative estimate of drug-likeness (QED) is 0.634. The number of carbonyl (C=O) groups is 1. The van der Waals surface area contributed by atoms with Crippen molar-refractivity contribution in [3.8, 4) is 6.07 Å². The van der Waals surface area contributed by atoms with E-state index in [1.807, 2.05) is 24.3 Å². The average molecular weight is 289 g/mol. The maximum absolute atomic E-state index is 12.2. The third-order valence-corrected chi connectivity index (χ3v) is 4.47. The summed E-state index contributed by atoms with van der Waals surface area (Å²) in [7, 11) is -0.456. The van der Waals surface area contributed by atoms with Crippen LogP contribution < -0.4 is 0 Å². The van der Waals surface area contributed by atoms with Gasteiger partial charge in [0.15, 0.2) is 13.7 Å². The first kappa shape index (κ1) is 14.8. The predicted octanol–water partition coefficient (Wildman–Crippen LogP) is 2.92. The Morgan fingerprint density at radius 3 is 2.60 bits per heavy atom. The number of rotatable bonds is 3. The standard InChI is InChI=1S/C15H19NO3Si/c1-18-14(17)15(10-16)9-13(19-20(2,3)4)11-7-5-6-8-12(11)15/h5-8,13H,9H2,1-4H3. The van der Waals surface area contributed by atoms with Crippen LogP contribution in [0.4, 0.5) is 0 Å². The summed E-state index contributed by atoms with van der Waals surface area (Å²) in [5.41, 5.74) is 0.412. The zero-order chi connectivity index (χ0) is 15.0. The SMILES string of the molecule is COC(=O)C1(C#N)CC(O[Si](C)(C)C)c2ccccc21. The van der Waals surface area contributed by atoms with E-state index in [0.29, 0.717) is 6.42 Å². The van der Waals surface area contributed by atoms with E-state index in [2.05, 4.69) is 25.7 Å². The third-order valence-electron chi connectivity index (χ3n) is 3.48. The molecule has 106 valence electrons. The van der Waals surface area contributed by atoms with Crippen molar-refractivity contribution in [2.75, 3.05) is 7.11 Å². The number of nitrogens with zero attached hydrogens (tertiary/aromatic N) is 1. The molecule has 2 atom stereocenters. The molecule has 1 aliphatic rings. The highest BCUT2D eigenvalue weighted by atomic mass is 28.4. The third kappa shape index (κ3) is 2.37. The first-order valence-electron chi connectivity index (χ1n) is 6.61. The summed E-state index contributed by atoms with van der Waals surface area (Å²) in [6, 6.07) is 9.66. The number of methoxy groups -OCH3 is 1. The molecular weight excluding hydrogens is 270 g/mol. The largest absolute Gasteiger partial charge is 0.468 e. The number of nitriles is 1. The molecule has 2 rings (SSSR count). The fourth-order valence-electron chi connectivity index (χ4n) is 2.72. The lowest BCUT2D eigenvalue weighted by atomic mass is 9.83. The fourth-order valence-corrected chi connectivity index (χ4v) is 3.78. The van der Waals surface area contributed by atoms with Crippen molar-refractivity contribution < 1.29 is 14.0 Å². The van der Waals surface area contributed by atoms with Gasteiger partial charge in [0, 0.05) is 6.42 Å². The van der Waals surface area contributed by atoms with Crippen LogP contribution in [0.15, 0.2) is 24.3 Å². The van der Waals surface area contributed by atoms with Crippen LogP contribution in [0.3, 0.4) is 0 Å². The summed E-state index contributed by atoms with van der Waals surface area (Å²) in [4.78, 5) is 12.2. The van der Waals surface area contributed by atoms with Gasteiger partial charge in [-0.3, -0.25) is 0 Å². The molecule has 1 aromatic rings. The number of esters is 1. The molecule has 0 heterocycles. The molecule has 1 aliphatic carbocycles. The highest BCUT2D eigenvalue weighted by Crippen LogP contribution is 2.47. The van der Waals surface area contributed by atoms with Crippen molar-refractivity contribution >= 4 is 14.3 Å². The zero-order valence-electron chi connectivity index (χ0n) is 12.3. The van der Waals surface area contributed by atoms with Gasteiger partial charge in [0.25, 0.3) is 0 Å². The van der Waals surface area contributed by atoms with E-state index in [0.717, 1.165) is 11.1 Å². The van der Waals surface area contributed by atoms with Crippen molar-refractivity contribution in [2.45, 2.75) is 37.6 Å². The monoisotopic (exact) mass is 289 g/mol. The topological polar surface area (TPSA) is 59.3 Å². The summed E-state index contributed by atoms with van der Waals surface area (Å²) in [5, 5.41) is 9.59. The number of ether oxygens (including phenoxy) is 1. The van der Waals surface area contributed by atoms with Crippen molar-refractivity contribution in [3.63, 3.8) is 0 Å². The van der Waals surface area contributed by atoms with Crippen molar-refractivity contribution in [1.82, 2.24) is 0 Å². The summed E-state index contributed by atoms with van der Waals surface area (Å²) in [6.45, 7) is 6.29. The normalized spacial score (nSPS) is 24.9. The molecule has 0 fully saturated rings. The molecule has 4 nitrogen and oxygen atoms in total. The molecule has 0 aliphatic heterocycles. The number of hydrogen-bond acceptors (Lipinski definition) is 4. The molecule has 0 radical (unpaired) electrons. The molecule has 0 N–H and O–H groups in total. The van der Waals surface area contributed by atoms with Crippen LogP contribution >= 0.6 is 0 Å². The van der Waals surface area contributed by atoms with Crippen LogP contribution in [0.2, 0.25) is 19.6 Å². The van der Waals surface area contributed by atoms with Crippen LogP contribution in [0.25, 0.3) is 0 Å². The van der Waals surface area contributed by atoms with Gasteiger partial charge in [-0.2, -0.15) is 5.26 Å². The zero-order valence-corrected chi connectivity index (χ0v) is 13.3. The maximum Gasteiger partial charge on any atom is 0.330 e. The van der Waals surface area contributed by atoms with E-state index in [1.54, 1.807) is 0 Å². The minimum absolute atomic E-state index is 0.211. The summed E-state index contributed by atoms with van der Waals surface area (Å²) >= 11 is 0. The van der Waals surface area contributed by atoms with Gasteiger partial charge in [0.1, 0.15) is 0 Å². The number of benzene rings is 1. The van der Waals surface area contributed by atoms with Gasteiger partial charge in [0.05, 0.1) is 19.3 Å². The van der Waals surface area contributed by atoms with Crippen LogP contribution in [0, 0.1) is 11.3 Å². The molecular formula is C15H19NO3Si. The molecule has 0 amide bonds. The molecule has 2 unspecified atom stereocenters. The summed E-state index contributed by atoms with van der Waals surface area (Å²) in [6.07, 6.45) is 0.122. The highest BCUT2D eigenvalue weighted by molar-refractivity contribution is 6.69. The van der Waals surface area contributed by atoms with Crippen LogP contribution in [-0.2, 0) is 19.4 Å². The Morgan fingerprint density at radius 1 is 1.40 bits per heavy atom. The van der Waals surface area contributed by atoms with Gasteiger partial charge in [0.2, 0.25) is 0 Å². The highest BCUT2D eigenvalue weighted by Gasteiger charge is 2.52. The maximum atomic E-state index is 12.2. The Balaban J connectivity index is 2.51. The lowest BCUT2D eigenvalue weighted by molar-refractivity contribution is -0.145. The first-order valence-corrected chi connectivity index (χ1v) is 10.0. The van der Waals surface area contributed by atoms with E-state index in [4.69, 9.17) is 9.16 Å². The second-order valence-corrected chi connectivity index (χ2v) is 10.5. The lowest BCUT2D eigenvalue weighted by Crippen LogP contribution is -2.34. The van der Waals surface area contributed by atoms with Crippen molar-refractivity contribution in [2.24, 2.45) is 0 Å². The molecule has 0 saturated carbocycles. The van der Waals surface area contributed by atoms with Gasteiger partial charge in [-0.05, 0) is 30.8 Å². The second-order valence-electron chi connectivity index (χ2n) is 6.02. The summed E-state index contributed by atoms with van der Waals surface area (Å²) < 4.78 is 11.0. The minimum Gasteiger partial charge on any atom is -0.468 e. The van der Waals surface area contributed by atoms with E-state index in [9.17, 15) is 10.1 Å². The first-order chi connectivity index (χ1) is 9.34. The molecule has 0 aromatic heterocycles. The van der Waals surface area contributed by atoms with Crippen LogP contribution in [-0.4, -0.2) is 21.4 Å². The van der Waals surface area contributed by atoms with E-state index >= 15 is 0 Å². The fraction of sp³-hybridized carbons (Fsp3) is 0.467. The molecule has 0 spiro atoms. The Hall–Kier alpha value is -1.64. The molecule has 0 bridgehead atoms.